The number of alkyl halides is 6. The lowest BCUT2D eigenvalue weighted by Crippen LogP contribution is -2.41. The Hall–Kier alpha value is -3.12. The second-order valence-electron chi connectivity index (χ2n) is 7.10. The summed E-state index contributed by atoms with van der Waals surface area (Å²) < 4.78 is 76.8. The predicted molar refractivity (Wildman–Crippen MR) is 103 cm³/mol. The van der Waals surface area contributed by atoms with E-state index in [9.17, 15) is 31.1 Å². The predicted octanol–water partition coefficient (Wildman–Crippen LogP) is 3.83. The molecule has 6 nitrogen and oxygen atoms in total. The van der Waals surface area contributed by atoms with Gasteiger partial charge in [-0.2, -0.15) is 31.0 Å². The van der Waals surface area contributed by atoms with Gasteiger partial charge in [-0.3, -0.25) is 10.3 Å². The fraction of sp³-hybridized carbons (Fsp3) is 0.300. The summed E-state index contributed by atoms with van der Waals surface area (Å²) in [4.78, 5) is 14.9. The van der Waals surface area contributed by atoms with Crippen LogP contribution in [0.1, 0.15) is 22.3 Å². The topological polar surface area (TPSA) is 82.9 Å². The molecule has 0 radical (unpaired) electrons. The molecule has 0 aliphatic carbocycles. The molecular weight excluding hydrogens is 442 g/mol. The first-order chi connectivity index (χ1) is 14.8. The van der Waals surface area contributed by atoms with Crippen LogP contribution < -0.4 is 11.0 Å². The van der Waals surface area contributed by atoms with Gasteiger partial charge in [0, 0.05) is 12.1 Å². The van der Waals surface area contributed by atoms with Gasteiger partial charge in [0.25, 0.3) is 0 Å². The molecule has 1 unspecified atom stereocenters. The van der Waals surface area contributed by atoms with Crippen LogP contribution in [0.4, 0.5) is 26.3 Å². The Kier molecular flexibility index (Phi) is 6.20. The van der Waals surface area contributed by atoms with Gasteiger partial charge >= 0.3 is 18.0 Å². The Bertz CT molecular complexity index is 1160. The fourth-order valence-electron chi connectivity index (χ4n) is 3.17. The van der Waals surface area contributed by atoms with Crippen molar-refractivity contribution in [3.05, 3.63) is 69.1 Å². The third kappa shape index (κ3) is 4.86. The molecule has 0 amide bonds. The molecule has 0 saturated carbocycles. The minimum atomic E-state index is -4.83. The van der Waals surface area contributed by atoms with Crippen molar-refractivity contribution in [3.8, 4) is 17.1 Å². The van der Waals surface area contributed by atoms with Crippen LogP contribution in [-0.4, -0.2) is 32.3 Å². The number of hydrogen-bond donors (Lipinski definition) is 3. The molecule has 1 aromatic heterocycles. The Balaban J connectivity index is 1.95. The van der Waals surface area contributed by atoms with E-state index < -0.39 is 29.8 Å². The molecule has 12 heteroatoms. The van der Waals surface area contributed by atoms with E-state index in [1.54, 1.807) is 26.0 Å². The summed E-state index contributed by atoms with van der Waals surface area (Å²) in [7, 11) is 0. The van der Waals surface area contributed by atoms with E-state index in [-0.39, 0.29) is 18.1 Å². The monoisotopic (exact) mass is 460 g/mol. The first-order valence-corrected chi connectivity index (χ1v) is 9.23. The first-order valence-electron chi connectivity index (χ1n) is 9.23. The van der Waals surface area contributed by atoms with Crippen LogP contribution in [0.5, 0.6) is 0 Å². The highest BCUT2D eigenvalue weighted by Gasteiger charge is 2.38. The summed E-state index contributed by atoms with van der Waals surface area (Å²) in [5.41, 5.74) is 0.586. The lowest BCUT2D eigenvalue weighted by atomic mass is 9.97. The zero-order valence-corrected chi connectivity index (χ0v) is 16.8. The van der Waals surface area contributed by atoms with Gasteiger partial charge in [-0.1, -0.05) is 12.1 Å². The van der Waals surface area contributed by atoms with Gasteiger partial charge in [0.15, 0.2) is 5.82 Å². The lowest BCUT2D eigenvalue weighted by Gasteiger charge is -2.18. The highest BCUT2D eigenvalue weighted by molar-refractivity contribution is 5.66. The number of aryl methyl sites for hydroxylation is 1. The van der Waals surface area contributed by atoms with Crippen LogP contribution in [0.3, 0.4) is 0 Å². The van der Waals surface area contributed by atoms with Crippen molar-refractivity contribution in [3.63, 3.8) is 0 Å². The van der Waals surface area contributed by atoms with Gasteiger partial charge in [-0.15, -0.1) is 5.10 Å². The molecule has 1 atom stereocenters. The van der Waals surface area contributed by atoms with E-state index in [2.05, 4.69) is 10.1 Å². The Morgan fingerprint density at radius 3 is 2.25 bits per heavy atom. The van der Waals surface area contributed by atoms with Crippen molar-refractivity contribution in [2.24, 2.45) is 0 Å². The highest BCUT2D eigenvalue weighted by atomic mass is 19.4. The molecule has 0 aliphatic rings. The number of H-pyrrole nitrogens is 1. The molecule has 0 spiro atoms. The summed E-state index contributed by atoms with van der Waals surface area (Å²) in [5.74, 6) is 0.100. The molecule has 3 aromatic rings. The number of aromatic nitrogens is 3. The van der Waals surface area contributed by atoms with E-state index in [4.69, 9.17) is 5.11 Å². The van der Waals surface area contributed by atoms with Gasteiger partial charge in [-0.05, 0) is 54.8 Å². The Morgan fingerprint density at radius 2 is 1.69 bits per heavy atom. The average molecular weight is 460 g/mol. The number of aliphatic hydroxyl groups is 1. The quantitative estimate of drug-likeness (QED) is 0.399. The van der Waals surface area contributed by atoms with Crippen LogP contribution in [0.25, 0.3) is 17.1 Å². The molecule has 0 saturated heterocycles. The van der Waals surface area contributed by atoms with Crippen molar-refractivity contribution in [1.29, 1.82) is 0 Å². The maximum Gasteiger partial charge on any atom is 0.427 e. The van der Waals surface area contributed by atoms with Crippen LogP contribution in [0, 0.1) is 13.8 Å². The third-order valence-electron chi connectivity index (χ3n) is 4.88. The smallest absolute Gasteiger partial charge is 0.370 e. The summed E-state index contributed by atoms with van der Waals surface area (Å²) in [6, 6.07) is 7.06. The molecular formula is C20H18F6N4O2. The highest BCUT2D eigenvalue weighted by Crippen LogP contribution is 2.30. The standard InChI is InChI=1S/C20H18F6N4O2/c1-10-3-4-12(9-27-17(31)20(24,25)26)11(2)15(10)16-28-18(32)30(29-16)14-7-5-13(6-8-14)19(21,22)23/h3-8,17,27,31H,9H2,1-2H3,(H,28,29,32). The summed E-state index contributed by atoms with van der Waals surface area (Å²) >= 11 is 0. The second kappa shape index (κ2) is 8.43. The summed E-state index contributed by atoms with van der Waals surface area (Å²) in [5, 5.41) is 15.3. The van der Waals surface area contributed by atoms with Gasteiger partial charge < -0.3 is 5.11 Å². The number of aromatic amines is 1. The van der Waals surface area contributed by atoms with Crippen LogP contribution in [-0.2, 0) is 12.7 Å². The molecule has 1 heterocycles. The summed E-state index contributed by atoms with van der Waals surface area (Å²) in [6.45, 7) is 3.03. The molecule has 3 N–H and O–H groups in total. The average Bonchev–Trinajstić information content (AvgIpc) is 3.07. The molecule has 2 aromatic carbocycles. The number of nitrogens with one attached hydrogen (secondary N) is 2. The van der Waals surface area contributed by atoms with E-state index in [0.717, 1.165) is 28.9 Å². The van der Waals surface area contributed by atoms with Crippen LogP contribution >= 0.6 is 0 Å². The van der Waals surface area contributed by atoms with Gasteiger partial charge in [0.2, 0.25) is 6.23 Å². The van der Waals surface area contributed by atoms with Crippen molar-refractivity contribution in [1.82, 2.24) is 20.1 Å². The first kappa shape index (κ1) is 23.5. The largest absolute Gasteiger partial charge is 0.427 e. The molecule has 172 valence electrons. The minimum Gasteiger partial charge on any atom is -0.370 e. The maximum absolute atomic E-state index is 12.8. The van der Waals surface area contributed by atoms with Gasteiger partial charge in [0.05, 0.1) is 11.3 Å². The van der Waals surface area contributed by atoms with Crippen molar-refractivity contribution in [2.75, 3.05) is 0 Å². The lowest BCUT2D eigenvalue weighted by molar-refractivity contribution is -0.213. The molecule has 32 heavy (non-hydrogen) atoms. The second-order valence-corrected chi connectivity index (χ2v) is 7.10. The van der Waals surface area contributed by atoms with Crippen LogP contribution in [0.2, 0.25) is 0 Å². The Labute approximate surface area is 177 Å². The molecule has 0 aliphatic heterocycles. The number of benzene rings is 2. The molecule has 0 fully saturated rings. The fourth-order valence-corrected chi connectivity index (χ4v) is 3.17. The number of nitrogens with zero attached hydrogens (tertiary/aromatic N) is 2. The minimum absolute atomic E-state index is 0.100. The normalized spacial score (nSPS) is 13.4. The SMILES string of the molecule is Cc1ccc(CNC(O)C(F)(F)F)c(C)c1-c1nn(-c2ccc(C(F)(F)F)cc2)c(=O)[nH]1. The van der Waals surface area contributed by atoms with Crippen LogP contribution in [0.15, 0.2) is 41.2 Å². The van der Waals surface area contributed by atoms with Crippen molar-refractivity contribution in [2.45, 2.75) is 39.0 Å². The van der Waals surface area contributed by atoms with E-state index in [1.165, 1.54) is 0 Å². The maximum atomic E-state index is 12.8. The Morgan fingerprint density at radius 1 is 1.06 bits per heavy atom. The zero-order chi connectivity index (χ0) is 23.8. The van der Waals surface area contributed by atoms with E-state index in [0.29, 0.717) is 22.3 Å². The summed E-state index contributed by atoms with van der Waals surface area (Å²) in [6.07, 6.45) is -12.1. The third-order valence-corrected chi connectivity index (χ3v) is 4.88. The van der Waals surface area contributed by atoms with Crippen molar-refractivity contribution < 1.29 is 31.4 Å². The number of rotatable bonds is 5. The van der Waals surface area contributed by atoms with Gasteiger partial charge in [-0.25, -0.2) is 4.79 Å². The van der Waals surface area contributed by atoms with E-state index >= 15 is 0 Å². The van der Waals surface area contributed by atoms with Gasteiger partial charge in [0.1, 0.15) is 0 Å². The molecule has 0 bridgehead atoms. The zero-order valence-electron chi connectivity index (χ0n) is 16.8. The van der Waals surface area contributed by atoms with Crippen molar-refractivity contribution >= 4 is 0 Å². The number of aliphatic hydroxyl groups excluding tert-OH is 1. The molecule has 3 rings (SSSR count). The van der Waals surface area contributed by atoms with E-state index in [1.807, 2.05) is 5.32 Å². The number of hydrogen-bond acceptors (Lipinski definition) is 4. The number of halogens is 6.